The Labute approximate surface area is 138 Å². The van der Waals surface area contributed by atoms with Crippen molar-refractivity contribution >= 4 is 29.1 Å². The summed E-state index contributed by atoms with van der Waals surface area (Å²) in [5.74, 6) is -0.446. The fourth-order valence-corrected chi connectivity index (χ4v) is 2.29. The molecule has 0 aromatic carbocycles. The first-order valence-corrected chi connectivity index (χ1v) is 7.24. The summed E-state index contributed by atoms with van der Waals surface area (Å²) in [6, 6.07) is 0. The molecule has 0 saturated heterocycles. The minimum absolute atomic E-state index is 0.129. The molecule has 0 spiro atoms. The minimum Gasteiger partial charge on any atom is -0.351 e. The van der Waals surface area contributed by atoms with Gasteiger partial charge < -0.3 is 5.32 Å². The van der Waals surface area contributed by atoms with Crippen LogP contribution in [0.15, 0.2) is 6.20 Å². The maximum absolute atomic E-state index is 12.7. The number of hydrogen-bond donors (Lipinski definition) is 2. The molecule has 0 radical (unpaired) electrons. The van der Waals surface area contributed by atoms with Crippen LogP contribution < -0.4 is 5.32 Å². The molecule has 0 fully saturated rings. The third-order valence-electron chi connectivity index (χ3n) is 3.05. The van der Waals surface area contributed by atoms with Gasteiger partial charge in [-0.15, -0.1) is 0 Å². The fraction of sp³-hybridized carbons (Fsp3) is 0.417. The molecule has 1 amide bonds. The van der Waals surface area contributed by atoms with E-state index in [0.717, 1.165) is 0 Å². The molecule has 0 bridgehead atoms. The van der Waals surface area contributed by atoms with Crippen molar-refractivity contribution in [2.45, 2.75) is 26.1 Å². The summed E-state index contributed by atoms with van der Waals surface area (Å²) in [5.41, 5.74) is -0.754. The van der Waals surface area contributed by atoms with Crippen molar-refractivity contribution in [1.29, 1.82) is 0 Å². The molecule has 11 heteroatoms. The zero-order chi connectivity index (χ0) is 17.2. The number of alkyl halides is 3. The highest BCUT2D eigenvalue weighted by Crippen LogP contribution is 2.35. The van der Waals surface area contributed by atoms with Gasteiger partial charge in [-0.05, 0) is 13.3 Å². The van der Waals surface area contributed by atoms with Crippen molar-refractivity contribution < 1.29 is 18.0 Å². The number of aromatic amines is 1. The number of aryl methyl sites for hydroxylation is 1. The number of H-pyrrole nitrogens is 1. The van der Waals surface area contributed by atoms with E-state index in [4.69, 9.17) is 23.2 Å². The Morgan fingerprint density at radius 2 is 2.13 bits per heavy atom. The molecule has 2 aromatic heterocycles. The van der Waals surface area contributed by atoms with Gasteiger partial charge >= 0.3 is 6.18 Å². The van der Waals surface area contributed by atoms with Crippen LogP contribution in [-0.4, -0.2) is 32.4 Å². The lowest BCUT2D eigenvalue weighted by Crippen LogP contribution is -2.26. The van der Waals surface area contributed by atoms with Crippen LogP contribution >= 0.6 is 23.2 Å². The smallest absolute Gasteiger partial charge is 0.351 e. The second-order valence-electron chi connectivity index (χ2n) is 4.67. The van der Waals surface area contributed by atoms with E-state index >= 15 is 0 Å². The quantitative estimate of drug-likeness (QED) is 0.795. The molecule has 126 valence electrons. The molecule has 23 heavy (non-hydrogen) atoms. The molecule has 2 aromatic rings. The Morgan fingerprint density at radius 1 is 1.43 bits per heavy atom. The van der Waals surface area contributed by atoms with Crippen LogP contribution in [0.2, 0.25) is 10.0 Å². The number of carbonyl (C=O) groups excluding carboxylic acids is 1. The van der Waals surface area contributed by atoms with Gasteiger partial charge in [0, 0.05) is 13.1 Å². The predicted octanol–water partition coefficient (Wildman–Crippen LogP) is 3.06. The van der Waals surface area contributed by atoms with Gasteiger partial charge in [-0.3, -0.25) is 14.6 Å². The maximum Gasteiger partial charge on any atom is 0.436 e. The Morgan fingerprint density at radius 3 is 2.65 bits per heavy atom. The summed E-state index contributed by atoms with van der Waals surface area (Å²) in [4.78, 5) is 11.7. The third kappa shape index (κ3) is 3.97. The summed E-state index contributed by atoms with van der Waals surface area (Å²) in [7, 11) is 0. The monoisotopic (exact) mass is 369 g/mol. The van der Waals surface area contributed by atoms with Gasteiger partial charge in [0.25, 0.3) is 5.91 Å². The van der Waals surface area contributed by atoms with Crippen molar-refractivity contribution in [3.63, 3.8) is 0 Å². The van der Waals surface area contributed by atoms with Gasteiger partial charge in [-0.1, -0.05) is 23.2 Å². The predicted molar refractivity (Wildman–Crippen MR) is 77.5 cm³/mol. The van der Waals surface area contributed by atoms with Crippen molar-refractivity contribution in [2.75, 3.05) is 6.54 Å². The normalized spacial score (nSPS) is 11.7. The van der Waals surface area contributed by atoms with Crippen LogP contribution in [0.5, 0.6) is 0 Å². The number of carbonyl (C=O) groups is 1. The lowest BCUT2D eigenvalue weighted by Gasteiger charge is -2.06. The first-order chi connectivity index (χ1) is 10.7. The van der Waals surface area contributed by atoms with Crippen molar-refractivity contribution in [2.24, 2.45) is 0 Å². The van der Waals surface area contributed by atoms with Crippen LogP contribution in [0.1, 0.15) is 28.3 Å². The van der Waals surface area contributed by atoms with Crippen molar-refractivity contribution in [3.8, 4) is 0 Å². The molecule has 0 atom stereocenters. The molecular weight excluding hydrogens is 358 g/mol. The number of halogens is 5. The van der Waals surface area contributed by atoms with Gasteiger partial charge in [0.2, 0.25) is 0 Å². The number of nitrogens with zero attached hydrogens (tertiary/aromatic N) is 3. The molecule has 0 saturated carbocycles. The molecule has 0 aliphatic heterocycles. The average Bonchev–Trinajstić information content (AvgIpc) is 3.00. The Hall–Kier alpha value is -1.74. The van der Waals surface area contributed by atoms with Crippen molar-refractivity contribution in [3.05, 3.63) is 33.3 Å². The van der Waals surface area contributed by atoms with Crippen molar-refractivity contribution in [1.82, 2.24) is 25.3 Å². The maximum atomic E-state index is 12.7. The highest BCUT2D eigenvalue weighted by atomic mass is 35.5. The SMILES string of the molecule is Cc1c(Cl)c(C(F)(F)F)nn1CCCNC(=O)c1[nH]ncc1Cl. The van der Waals surface area contributed by atoms with E-state index in [2.05, 4.69) is 20.6 Å². The van der Waals surface area contributed by atoms with E-state index in [1.54, 1.807) is 0 Å². The summed E-state index contributed by atoms with van der Waals surface area (Å²) in [5, 5.41) is 11.9. The minimum atomic E-state index is -4.60. The van der Waals surface area contributed by atoms with Crippen LogP contribution in [-0.2, 0) is 12.7 Å². The topological polar surface area (TPSA) is 75.6 Å². The van der Waals surface area contributed by atoms with Gasteiger partial charge in [-0.2, -0.15) is 23.4 Å². The standard InChI is InChI=1S/C12H12Cl2F3N5O/c1-6-8(14)10(12(15,16)17)21-22(6)4-2-3-18-11(23)9-7(13)5-19-20-9/h5H,2-4H2,1H3,(H,18,23)(H,19,20). The van der Waals surface area contributed by atoms with E-state index in [1.165, 1.54) is 17.8 Å². The summed E-state index contributed by atoms with van der Waals surface area (Å²) in [6.45, 7) is 1.86. The molecule has 2 N–H and O–H groups in total. The molecule has 2 heterocycles. The average molecular weight is 370 g/mol. The zero-order valence-electron chi connectivity index (χ0n) is 11.8. The van der Waals surface area contributed by atoms with E-state index in [1.807, 2.05) is 0 Å². The highest BCUT2D eigenvalue weighted by Gasteiger charge is 2.38. The zero-order valence-corrected chi connectivity index (χ0v) is 13.4. The number of amides is 1. The lowest BCUT2D eigenvalue weighted by molar-refractivity contribution is -0.141. The first-order valence-electron chi connectivity index (χ1n) is 6.49. The Kier molecular flexibility index (Phi) is 5.20. The molecule has 0 unspecified atom stereocenters. The van der Waals surface area contributed by atoms with Gasteiger partial charge in [0.1, 0.15) is 5.69 Å². The second kappa shape index (κ2) is 6.79. The van der Waals surface area contributed by atoms with Gasteiger partial charge in [-0.25, -0.2) is 0 Å². The van der Waals surface area contributed by atoms with Crippen LogP contribution in [0.25, 0.3) is 0 Å². The summed E-state index contributed by atoms with van der Waals surface area (Å²) in [6.07, 6.45) is -2.93. The Bertz CT molecular complexity index is 710. The molecule has 0 aliphatic carbocycles. The summed E-state index contributed by atoms with van der Waals surface area (Å²) >= 11 is 11.4. The lowest BCUT2D eigenvalue weighted by atomic mass is 10.3. The number of aromatic nitrogens is 4. The highest BCUT2D eigenvalue weighted by molar-refractivity contribution is 6.33. The number of nitrogens with one attached hydrogen (secondary N) is 2. The van der Waals surface area contributed by atoms with Gasteiger partial charge in [0.05, 0.1) is 21.9 Å². The van der Waals surface area contributed by atoms with Gasteiger partial charge in [0.15, 0.2) is 5.69 Å². The molecule has 6 nitrogen and oxygen atoms in total. The molecule has 0 aliphatic rings. The fourth-order valence-electron chi connectivity index (χ4n) is 1.87. The second-order valence-corrected chi connectivity index (χ2v) is 5.46. The van der Waals surface area contributed by atoms with E-state index in [-0.39, 0.29) is 29.5 Å². The van der Waals surface area contributed by atoms with E-state index in [0.29, 0.717) is 6.42 Å². The van der Waals surface area contributed by atoms with Crippen LogP contribution in [0.4, 0.5) is 13.2 Å². The van der Waals surface area contributed by atoms with Crippen LogP contribution in [0.3, 0.4) is 0 Å². The van der Waals surface area contributed by atoms with Crippen LogP contribution in [0, 0.1) is 6.92 Å². The first kappa shape index (κ1) is 17.6. The molecule has 2 rings (SSSR count). The van der Waals surface area contributed by atoms with E-state index < -0.39 is 22.8 Å². The number of hydrogen-bond acceptors (Lipinski definition) is 3. The Balaban J connectivity index is 1.90. The molecular formula is C12H12Cl2F3N5O. The third-order valence-corrected chi connectivity index (χ3v) is 3.79. The number of rotatable bonds is 5. The largest absolute Gasteiger partial charge is 0.436 e. The summed E-state index contributed by atoms with van der Waals surface area (Å²) < 4.78 is 39.2. The van der Waals surface area contributed by atoms with E-state index in [9.17, 15) is 18.0 Å².